The summed E-state index contributed by atoms with van der Waals surface area (Å²) in [6.07, 6.45) is 0.523. The van der Waals surface area contributed by atoms with E-state index in [1.54, 1.807) is 24.3 Å². The topological polar surface area (TPSA) is 62.5 Å². The van der Waals surface area contributed by atoms with Gasteiger partial charge in [-0.15, -0.1) is 0 Å². The minimum atomic E-state index is -0.274. The molecule has 2 N–H and O–H groups in total. The summed E-state index contributed by atoms with van der Waals surface area (Å²) in [5.41, 5.74) is 0.628. The lowest BCUT2D eigenvalue weighted by atomic mass is 10.0. The van der Waals surface area contributed by atoms with Crippen molar-refractivity contribution >= 4 is 28.5 Å². The Labute approximate surface area is 122 Å². The smallest absolute Gasteiger partial charge is 0.287 e. The predicted octanol–water partition coefficient (Wildman–Crippen LogP) is 3.22. The van der Waals surface area contributed by atoms with Gasteiger partial charge in [-0.05, 0) is 36.6 Å². The maximum Gasteiger partial charge on any atom is 0.287 e. The second-order valence-electron chi connectivity index (χ2n) is 5.13. The molecule has 2 rings (SSSR count). The van der Waals surface area contributed by atoms with Crippen LogP contribution in [0.3, 0.4) is 0 Å². The molecule has 1 amide bonds. The number of hydrogen-bond donors (Lipinski definition) is 2. The van der Waals surface area contributed by atoms with E-state index in [4.69, 9.17) is 21.1 Å². The fourth-order valence-corrected chi connectivity index (χ4v) is 2.26. The van der Waals surface area contributed by atoms with Gasteiger partial charge in [-0.2, -0.15) is 0 Å². The first-order valence-electron chi connectivity index (χ1n) is 6.62. The van der Waals surface area contributed by atoms with E-state index in [9.17, 15) is 4.79 Å². The Balaban J connectivity index is 2.18. The SMILES string of the molecule is CC(C)C(CCO)NC(=O)c1cc2cc(Cl)ccc2o1. The van der Waals surface area contributed by atoms with Gasteiger partial charge in [-0.3, -0.25) is 4.79 Å². The molecule has 108 valence electrons. The molecule has 0 spiro atoms. The molecule has 1 aromatic heterocycles. The predicted molar refractivity (Wildman–Crippen MR) is 79.0 cm³/mol. The minimum Gasteiger partial charge on any atom is -0.451 e. The van der Waals surface area contributed by atoms with Crippen LogP contribution in [-0.2, 0) is 0 Å². The number of fused-ring (bicyclic) bond motifs is 1. The summed E-state index contributed by atoms with van der Waals surface area (Å²) in [4.78, 5) is 12.2. The van der Waals surface area contributed by atoms with Gasteiger partial charge in [0.15, 0.2) is 5.76 Å². The van der Waals surface area contributed by atoms with Crippen LogP contribution in [-0.4, -0.2) is 23.7 Å². The molecule has 20 heavy (non-hydrogen) atoms. The lowest BCUT2D eigenvalue weighted by molar-refractivity contribution is 0.0890. The Kier molecular flexibility index (Phi) is 4.68. The molecule has 0 saturated carbocycles. The molecule has 0 aliphatic rings. The van der Waals surface area contributed by atoms with E-state index < -0.39 is 0 Å². The summed E-state index contributed by atoms with van der Waals surface area (Å²) in [5, 5.41) is 13.3. The number of furan rings is 1. The number of hydrogen-bond acceptors (Lipinski definition) is 3. The zero-order valence-corrected chi connectivity index (χ0v) is 12.3. The molecule has 0 aliphatic heterocycles. The first-order chi connectivity index (χ1) is 9.51. The lowest BCUT2D eigenvalue weighted by Gasteiger charge is -2.20. The normalized spacial score (nSPS) is 12.8. The third kappa shape index (κ3) is 3.32. The Morgan fingerprint density at radius 2 is 2.15 bits per heavy atom. The number of aliphatic hydroxyl groups excluding tert-OH is 1. The monoisotopic (exact) mass is 295 g/mol. The molecular formula is C15H18ClNO3. The summed E-state index contributed by atoms with van der Waals surface area (Å²) in [5.74, 6) is 0.222. The highest BCUT2D eigenvalue weighted by Crippen LogP contribution is 2.23. The number of benzene rings is 1. The van der Waals surface area contributed by atoms with E-state index in [0.29, 0.717) is 17.0 Å². The summed E-state index contributed by atoms with van der Waals surface area (Å²) >= 11 is 5.90. The molecule has 0 saturated heterocycles. The summed E-state index contributed by atoms with van der Waals surface area (Å²) in [6.45, 7) is 4.04. The zero-order chi connectivity index (χ0) is 14.7. The van der Waals surface area contributed by atoms with Crippen LogP contribution in [0.1, 0.15) is 30.8 Å². The molecule has 0 radical (unpaired) electrons. The molecule has 1 atom stereocenters. The van der Waals surface area contributed by atoms with Gasteiger partial charge in [0.25, 0.3) is 5.91 Å². The van der Waals surface area contributed by atoms with Gasteiger partial charge in [-0.1, -0.05) is 25.4 Å². The van der Waals surface area contributed by atoms with Crippen LogP contribution < -0.4 is 5.32 Å². The van der Waals surface area contributed by atoms with Crippen molar-refractivity contribution in [2.45, 2.75) is 26.3 Å². The van der Waals surface area contributed by atoms with E-state index in [0.717, 1.165) is 5.39 Å². The van der Waals surface area contributed by atoms with Gasteiger partial charge in [0.2, 0.25) is 0 Å². The molecule has 1 aromatic carbocycles. The van der Waals surface area contributed by atoms with Crippen LogP contribution in [0.4, 0.5) is 0 Å². The van der Waals surface area contributed by atoms with Gasteiger partial charge >= 0.3 is 0 Å². The van der Waals surface area contributed by atoms with Crippen molar-refractivity contribution in [1.82, 2.24) is 5.32 Å². The number of aliphatic hydroxyl groups is 1. The second kappa shape index (κ2) is 6.29. The van der Waals surface area contributed by atoms with Crippen LogP contribution >= 0.6 is 11.6 Å². The van der Waals surface area contributed by atoms with Gasteiger partial charge < -0.3 is 14.8 Å². The molecule has 0 aliphatic carbocycles. The van der Waals surface area contributed by atoms with E-state index in [1.165, 1.54) is 0 Å². The standard InChI is InChI=1S/C15H18ClNO3/c1-9(2)12(5-6-18)17-15(19)14-8-10-7-11(16)3-4-13(10)20-14/h3-4,7-9,12,18H,5-6H2,1-2H3,(H,17,19). The van der Waals surface area contributed by atoms with Crippen LogP contribution in [0.25, 0.3) is 11.0 Å². The summed E-state index contributed by atoms with van der Waals surface area (Å²) in [6, 6.07) is 6.81. The minimum absolute atomic E-state index is 0.0405. The van der Waals surface area contributed by atoms with Crippen molar-refractivity contribution in [2.75, 3.05) is 6.61 Å². The quantitative estimate of drug-likeness (QED) is 0.890. The van der Waals surface area contributed by atoms with E-state index in [1.807, 2.05) is 13.8 Å². The molecule has 1 heterocycles. The van der Waals surface area contributed by atoms with Gasteiger partial charge in [0.1, 0.15) is 5.58 Å². The first-order valence-corrected chi connectivity index (χ1v) is 7.00. The van der Waals surface area contributed by atoms with Crippen LogP contribution in [0, 0.1) is 5.92 Å². The largest absolute Gasteiger partial charge is 0.451 e. The Morgan fingerprint density at radius 1 is 1.40 bits per heavy atom. The van der Waals surface area contributed by atoms with Crippen LogP contribution in [0.15, 0.2) is 28.7 Å². The lowest BCUT2D eigenvalue weighted by Crippen LogP contribution is -2.39. The summed E-state index contributed by atoms with van der Waals surface area (Å²) in [7, 11) is 0. The fraction of sp³-hybridized carbons (Fsp3) is 0.400. The van der Waals surface area contributed by atoms with Crippen molar-refractivity contribution in [3.05, 3.63) is 35.0 Å². The van der Waals surface area contributed by atoms with Gasteiger partial charge in [0.05, 0.1) is 0 Å². The Hall–Kier alpha value is -1.52. The molecule has 1 unspecified atom stereocenters. The van der Waals surface area contributed by atoms with Gasteiger partial charge in [-0.25, -0.2) is 0 Å². The first kappa shape index (κ1) is 14.9. The number of amides is 1. The number of halogens is 1. The van der Waals surface area contributed by atoms with Crippen molar-refractivity contribution in [2.24, 2.45) is 5.92 Å². The van der Waals surface area contributed by atoms with Crippen molar-refractivity contribution in [3.8, 4) is 0 Å². The van der Waals surface area contributed by atoms with E-state index in [-0.39, 0.29) is 30.2 Å². The highest BCUT2D eigenvalue weighted by molar-refractivity contribution is 6.31. The van der Waals surface area contributed by atoms with E-state index >= 15 is 0 Å². The number of carbonyl (C=O) groups is 1. The second-order valence-corrected chi connectivity index (χ2v) is 5.57. The summed E-state index contributed by atoms with van der Waals surface area (Å²) < 4.78 is 5.51. The fourth-order valence-electron chi connectivity index (χ4n) is 2.08. The maximum atomic E-state index is 12.2. The highest BCUT2D eigenvalue weighted by atomic mass is 35.5. The third-order valence-electron chi connectivity index (χ3n) is 3.26. The van der Waals surface area contributed by atoms with Crippen molar-refractivity contribution < 1.29 is 14.3 Å². The number of rotatable bonds is 5. The molecule has 0 bridgehead atoms. The average Bonchev–Trinajstić information content (AvgIpc) is 2.80. The molecular weight excluding hydrogens is 278 g/mol. The van der Waals surface area contributed by atoms with Crippen LogP contribution in [0.5, 0.6) is 0 Å². The Bertz CT molecular complexity index is 606. The number of carbonyl (C=O) groups excluding carboxylic acids is 1. The number of nitrogens with one attached hydrogen (secondary N) is 1. The molecule has 0 fully saturated rings. The van der Waals surface area contributed by atoms with Crippen molar-refractivity contribution in [3.63, 3.8) is 0 Å². The van der Waals surface area contributed by atoms with E-state index in [2.05, 4.69) is 5.32 Å². The van der Waals surface area contributed by atoms with Crippen LogP contribution in [0.2, 0.25) is 5.02 Å². The van der Waals surface area contributed by atoms with Crippen molar-refractivity contribution in [1.29, 1.82) is 0 Å². The Morgan fingerprint density at radius 3 is 2.80 bits per heavy atom. The molecule has 4 nitrogen and oxygen atoms in total. The highest BCUT2D eigenvalue weighted by Gasteiger charge is 2.19. The zero-order valence-electron chi connectivity index (χ0n) is 11.5. The third-order valence-corrected chi connectivity index (χ3v) is 3.50. The van der Waals surface area contributed by atoms with Gasteiger partial charge in [0, 0.05) is 23.1 Å². The maximum absolute atomic E-state index is 12.2. The average molecular weight is 296 g/mol. The molecule has 2 aromatic rings. The molecule has 5 heteroatoms.